The molecule has 1 aromatic carbocycles. The first-order valence-electron chi connectivity index (χ1n) is 6.80. The molecule has 0 unspecified atom stereocenters. The number of anilines is 1. The lowest BCUT2D eigenvalue weighted by Gasteiger charge is -2.11. The molecule has 0 amide bonds. The number of carbonyl (C=O) groups excluding carboxylic acids is 1. The summed E-state index contributed by atoms with van der Waals surface area (Å²) in [5.74, 6) is -0.356. The van der Waals surface area contributed by atoms with Gasteiger partial charge in [-0.05, 0) is 29.4 Å². The molecular formula is C16H15ClN4O2. The van der Waals surface area contributed by atoms with E-state index in [2.05, 4.69) is 20.5 Å². The number of carbonyl (C=O) groups is 1. The first-order chi connectivity index (χ1) is 10.8. The minimum Gasteiger partial charge on any atom is -0.360 e. The second kappa shape index (κ2) is 6.63. The maximum absolute atomic E-state index is 12.3. The van der Waals surface area contributed by atoms with Gasteiger partial charge < -0.3 is 9.37 Å². The molecule has 0 radical (unpaired) electrons. The number of nitrogens with one attached hydrogen (secondary N) is 1. The molecule has 2 aromatic rings. The van der Waals surface area contributed by atoms with Gasteiger partial charge in [0.1, 0.15) is 11.5 Å². The van der Waals surface area contributed by atoms with E-state index in [4.69, 9.17) is 22.7 Å². The number of hydrogen-bond donors (Lipinski definition) is 1. The van der Waals surface area contributed by atoms with Crippen molar-refractivity contribution >= 4 is 28.9 Å². The van der Waals surface area contributed by atoms with Crippen LogP contribution in [0.2, 0.25) is 5.02 Å². The molecule has 7 heteroatoms. The van der Waals surface area contributed by atoms with Crippen LogP contribution >= 0.6 is 11.6 Å². The van der Waals surface area contributed by atoms with Crippen LogP contribution in [0.1, 0.15) is 37.0 Å². The fourth-order valence-corrected chi connectivity index (χ4v) is 1.74. The Hall–Kier alpha value is -2.65. The molecule has 0 fully saturated rings. The van der Waals surface area contributed by atoms with Crippen LogP contribution in [0.15, 0.2) is 40.0 Å². The van der Waals surface area contributed by atoms with E-state index in [-0.39, 0.29) is 16.9 Å². The fourth-order valence-electron chi connectivity index (χ4n) is 1.62. The Morgan fingerprint density at radius 1 is 1.35 bits per heavy atom. The van der Waals surface area contributed by atoms with E-state index in [0.717, 1.165) is 0 Å². The van der Waals surface area contributed by atoms with Crippen LogP contribution < -0.4 is 5.43 Å². The molecule has 0 aliphatic heterocycles. The monoisotopic (exact) mass is 330 g/mol. The lowest BCUT2D eigenvalue weighted by atomic mass is 9.93. The smallest absolute Gasteiger partial charge is 0.343 e. The van der Waals surface area contributed by atoms with Gasteiger partial charge >= 0.3 is 5.84 Å². The zero-order valence-electron chi connectivity index (χ0n) is 12.9. The predicted molar refractivity (Wildman–Crippen MR) is 88.6 cm³/mol. The van der Waals surface area contributed by atoms with Gasteiger partial charge in [0.2, 0.25) is 5.78 Å². The van der Waals surface area contributed by atoms with Crippen LogP contribution in [-0.4, -0.2) is 16.8 Å². The number of Topliss-reactive ketones (excluding diaryl/α,β-unsaturated/α-hetero) is 1. The van der Waals surface area contributed by atoms with E-state index in [1.807, 2.05) is 20.8 Å². The second-order valence-electron chi connectivity index (χ2n) is 5.82. The highest BCUT2D eigenvalue weighted by Crippen LogP contribution is 2.23. The topological polar surface area (TPSA) is 71.8 Å². The van der Waals surface area contributed by atoms with E-state index in [1.54, 1.807) is 24.3 Å². The predicted octanol–water partition coefficient (Wildman–Crippen LogP) is 4.15. The van der Waals surface area contributed by atoms with Gasteiger partial charge in [-0.1, -0.05) is 44.1 Å². The molecule has 0 aliphatic carbocycles. The molecule has 0 saturated carbocycles. The third kappa shape index (κ3) is 4.18. The highest BCUT2D eigenvalue weighted by atomic mass is 35.5. The second-order valence-corrected chi connectivity index (χ2v) is 6.26. The lowest BCUT2D eigenvalue weighted by Crippen LogP contribution is -2.13. The van der Waals surface area contributed by atoms with Crippen molar-refractivity contribution in [3.63, 3.8) is 0 Å². The summed E-state index contributed by atoms with van der Waals surface area (Å²) in [6.45, 7) is 12.9. The summed E-state index contributed by atoms with van der Waals surface area (Å²) < 4.78 is 5.16. The van der Waals surface area contributed by atoms with Crippen molar-refractivity contribution in [1.82, 2.24) is 5.16 Å². The highest BCUT2D eigenvalue weighted by Gasteiger charge is 2.24. The summed E-state index contributed by atoms with van der Waals surface area (Å²) in [5, 5.41) is 8.13. The number of halogens is 1. The first-order valence-corrected chi connectivity index (χ1v) is 7.17. The number of hydrazone groups is 1. The molecule has 0 bridgehead atoms. The molecule has 0 spiro atoms. The van der Waals surface area contributed by atoms with E-state index < -0.39 is 5.78 Å². The van der Waals surface area contributed by atoms with Gasteiger partial charge in [0, 0.05) is 16.5 Å². The van der Waals surface area contributed by atoms with Crippen LogP contribution in [0.3, 0.4) is 0 Å². The number of rotatable bonds is 4. The summed E-state index contributed by atoms with van der Waals surface area (Å²) in [6, 6.07) is 8.25. The Labute approximate surface area is 138 Å². The fraction of sp³-hybridized carbons (Fsp3) is 0.250. The molecule has 1 heterocycles. The van der Waals surface area contributed by atoms with E-state index in [0.29, 0.717) is 16.5 Å². The molecule has 2 rings (SSSR count). The van der Waals surface area contributed by atoms with Crippen LogP contribution in [0.5, 0.6) is 0 Å². The zero-order chi connectivity index (χ0) is 17.0. The van der Waals surface area contributed by atoms with E-state index >= 15 is 0 Å². The molecular weight excluding hydrogens is 316 g/mol. The number of nitrogens with zero attached hydrogens (tertiary/aromatic N) is 3. The number of ketones is 1. The number of benzene rings is 1. The van der Waals surface area contributed by atoms with Crippen molar-refractivity contribution in [2.45, 2.75) is 26.2 Å². The molecule has 1 aromatic heterocycles. The number of aromatic nitrogens is 1. The Morgan fingerprint density at radius 3 is 2.52 bits per heavy atom. The molecule has 0 saturated heterocycles. The minimum absolute atomic E-state index is 0.0579. The van der Waals surface area contributed by atoms with Gasteiger partial charge in [-0.2, -0.15) is 0 Å². The average molecular weight is 331 g/mol. The lowest BCUT2D eigenvalue weighted by molar-refractivity contribution is 0.105. The maximum Gasteiger partial charge on any atom is 0.343 e. The quantitative estimate of drug-likeness (QED) is 0.300. The van der Waals surface area contributed by atoms with Gasteiger partial charge in [0.25, 0.3) is 0 Å². The van der Waals surface area contributed by atoms with Crippen molar-refractivity contribution in [3.8, 4) is 0 Å². The molecule has 0 aliphatic rings. The first kappa shape index (κ1) is 16.7. The normalized spacial score (nSPS) is 11.9. The SMILES string of the molecule is [C-]#[N+]/C(=N\Nc1ccc(Cl)cc1)C(=O)c1cc(C(C)(C)C)on1. The van der Waals surface area contributed by atoms with Crippen molar-refractivity contribution in [2.75, 3.05) is 5.43 Å². The van der Waals surface area contributed by atoms with Gasteiger partial charge in [0.05, 0.1) is 5.69 Å². The molecule has 6 nitrogen and oxygen atoms in total. The van der Waals surface area contributed by atoms with Crippen molar-refractivity contribution in [3.05, 3.63) is 58.2 Å². The summed E-state index contributed by atoms with van der Waals surface area (Å²) >= 11 is 5.79. The van der Waals surface area contributed by atoms with Crippen molar-refractivity contribution in [2.24, 2.45) is 5.10 Å². The molecule has 118 valence electrons. The zero-order valence-corrected chi connectivity index (χ0v) is 13.7. The minimum atomic E-state index is -0.597. The van der Waals surface area contributed by atoms with Crippen molar-refractivity contribution in [1.29, 1.82) is 0 Å². The van der Waals surface area contributed by atoms with E-state index in [1.165, 1.54) is 6.07 Å². The maximum atomic E-state index is 12.3. The van der Waals surface area contributed by atoms with Crippen LogP contribution in [0.4, 0.5) is 5.69 Å². The Bertz CT molecular complexity index is 780. The summed E-state index contributed by atoms with van der Waals surface area (Å²) in [5.41, 5.74) is 3.04. The Balaban J connectivity index is 2.18. The van der Waals surface area contributed by atoms with Crippen LogP contribution in [-0.2, 0) is 5.41 Å². The average Bonchev–Trinajstić information content (AvgIpc) is 2.99. The van der Waals surface area contributed by atoms with E-state index in [9.17, 15) is 4.79 Å². The number of amidine groups is 1. The van der Waals surface area contributed by atoms with Gasteiger partial charge in [0.15, 0.2) is 0 Å². The van der Waals surface area contributed by atoms with Crippen LogP contribution in [0, 0.1) is 6.57 Å². The molecule has 1 N–H and O–H groups in total. The van der Waals surface area contributed by atoms with Crippen molar-refractivity contribution < 1.29 is 9.32 Å². The molecule has 23 heavy (non-hydrogen) atoms. The Kier molecular flexibility index (Phi) is 4.82. The molecule has 0 atom stereocenters. The van der Waals surface area contributed by atoms with Gasteiger partial charge in [-0.3, -0.25) is 4.79 Å². The number of hydrogen-bond acceptors (Lipinski definition) is 5. The summed E-state index contributed by atoms with van der Waals surface area (Å²) in [4.78, 5) is 15.4. The van der Waals surface area contributed by atoms with Crippen LogP contribution in [0.25, 0.3) is 4.85 Å². The van der Waals surface area contributed by atoms with Gasteiger partial charge in [-0.25, -0.2) is 5.43 Å². The third-order valence-corrected chi connectivity index (χ3v) is 3.18. The summed E-state index contributed by atoms with van der Waals surface area (Å²) in [6.07, 6.45) is 0. The highest BCUT2D eigenvalue weighted by molar-refractivity contribution is 6.48. The summed E-state index contributed by atoms with van der Waals surface area (Å²) in [7, 11) is 0. The largest absolute Gasteiger partial charge is 0.360 e. The Morgan fingerprint density at radius 2 is 2.00 bits per heavy atom. The standard InChI is InChI=1S/C16H15ClN4O2/c1-16(2,3)13-9-12(21-23-13)14(22)15(18-4)20-19-11-7-5-10(17)6-8-11/h5-9,19H,1-3H3/b20-15-. The third-order valence-electron chi connectivity index (χ3n) is 2.93. The van der Waals surface area contributed by atoms with Gasteiger partial charge in [-0.15, -0.1) is 0 Å².